The van der Waals surface area contributed by atoms with Crippen LogP contribution in [0.5, 0.6) is 0 Å². The lowest BCUT2D eigenvalue weighted by molar-refractivity contribution is -0.139. The number of rotatable bonds is 3. The number of nitrogens with one attached hydrogen (secondary N) is 1. The zero-order valence-electron chi connectivity index (χ0n) is 9.42. The minimum atomic E-state index is -0.524. The standard InChI is InChI=1S/C10H14N2O4/c1-5-8(10(14)16-3)6(9(11)12-5)4-7(13)15-2/h12H,4,11H2,1-3H3. The molecule has 88 valence electrons. The quantitative estimate of drug-likeness (QED) is 0.728. The lowest BCUT2D eigenvalue weighted by Gasteiger charge is -2.03. The van der Waals surface area contributed by atoms with Crippen LogP contribution >= 0.6 is 0 Å². The van der Waals surface area contributed by atoms with E-state index in [1.807, 2.05) is 0 Å². The third kappa shape index (κ3) is 2.16. The van der Waals surface area contributed by atoms with Crippen LogP contribution in [0.4, 0.5) is 5.82 Å². The van der Waals surface area contributed by atoms with Gasteiger partial charge in [0.1, 0.15) is 5.82 Å². The van der Waals surface area contributed by atoms with Crippen LogP contribution in [0.15, 0.2) is 0 Å². The van der Waals surface area contributed by atoms with Crippen LogP contribution in [0.2, 0.25) is 0 Å². The van der Waals surface area contributed by atoms with E-state index in [0.29, 0.717) is 16.8 Å². The molecule has 6 nitrogen and oxygen atoms in total. The van der Waals surface area contributed by atoms with Crippen molar-refractivity contribution in [2.24, 2.45) is 0 Å². The molecule has 0 aromatic carbocycles. The Balaban J connectivity index is 3.15. The highest BCUT2D eigenvalue weighted by Gasteiger charge is 2.22. The number of ether oxygens (including phenoxy) is 2. The molecule has 1 aromatic rings. The molecule has 0 aliphatic carbocycles. The van der Waals surface area contributed by atoms with Gasteiger partial charge in [0.05, 0.1) is 26.2 Å². The summed E-state index contributed by atoms with van der Waals surface area (Å²) >= 11 is 0. The first kappa shape index (κ1) is 12.1. The molecule has 0 amide bonds. The van der Waals surface area contributed by atoms with Gasteiger partial charge in [-0.3, -0.25) is 4.79 Å². The molecule has 16 heavy (non-hydrogen) atoms. The Morgan fingerprint density at radius 1 is 1.31 bits per heavy atom. The first-order valence-corrected chi connectivity index (χ1v) is 4.63. The number of nitrogens with two attached hydrogens (primary N) is 1. The van der Waals surface area contributed by atoms with E-state index in [1.54, 1.807) is 6.92 Å². The number of carbonyl (C=O) groups excluding carboxylic acids is 2. The van der Waals surface area contributed by atoms with Gasteiger partial charge < -0.3 is 20.2 Å². The lowest BCUT2D eigenvalue weighted by atomic mass is 10.1. The highest BCUT2D eigenvalue weighted by Crippen LogP contribution is 2.22. The summed E-state index contributed by atoms with van der Waals surface area (Å²) in [6.45, 7) is 1.68. The Kier molecular flexibility index (Phi) is 3.55. The van der Waals surface area contributed by atoms with Crippen molar-refractivity contribution in [3.8, 4) is 0 Å². The summed E-state index contributed by atoms with van der Waals surface area (Å²) in [6, 6.07) is 0. The molecule has 0 bridgehead atoms. The molecule has 0 aliphatic rings. The third-order valence-electron chi connectivity index (χ3n) is 2.26. The predicted molar refractivity (Wildman–Crippen MR) is 57.0 cm³/mol. The van der Waals surface area contributed by atoms with Crippen LogP contribution in [-0.4, -0.2) is 31.1 Å². The lowest BCUT2D eigenvalue weighted by Crippen LogP contribution is -2.11. The molecule has 0 aliphatic heterocycles. The Bertz CT molecular complexity index is 423. The van der Waals surface area contributed by atoms with Crippen LogP contribution in [0.1, 0.15) is 21.6 Å². The number of aryl methyl sites for hydroxylation is 1. The smallest absolute Gasteiger partial charge is 0.340 e. The van der Waals surface area contributed by atoms with Gasteiger partial charge in [-0.15, -0.1) is 0 Å². The van der Waals surface area contributed by atoms with Crippen molar-refractivity contribution in [1.82, 2.24) is 4.98 Å². The van der Waals surface area contributed by atoms with Gasteiger partial charge >= 0.3 is 11.9 Å². The number of hydrogen-bond acceptors (Lipinski definition) is 5. The number of anilines is 1. The molecule has 0 saturated heterocycles. The summed E-state index contributed by atoms with van der Waals surface area (Å²) in [4.78, 5) is 25.4. The fourth-order valence-electron chi connectivity index (χ4n) is 1.48. The molecule has 1 aromatic heterocycles. The molecule has 0 atom stereocenters. The number of aromatic nitrogens is 1. The van der Waals surface area contributed by atoms with E-state index in [4.69, 9.17) is 5.73 Å². The fraction of sp³-hybridized carbons (Fsp3) is 0.400. The average molecular weight is 226 g/mol. The minimum Gasteiger partial charge on any atom is -0.469 e. The zero-order chi connectivity index (χ0) is 12.3. The maximum atomic E-state index is 11.5. The molecule has 0 radical (unpaired) electrons. The minimum absolute atomic E-state index is 0.0584. The highest BCUT2D eigenvalue weighted by atomic mass is 16.5. The summed E-state index contributed by atoms with van der Waals surface area (Å²) in [5.74, 6) is -0.705. The maximum Gasteiger partial charge on any atom is 0.340 e. The van der Waals surface area contributed by atoms with Crippen molar-refractivity contribution in [2.75, 3.05) is 20.0 Å². The number of esters is 2. The normalized spacial score (nSPS) is 9.94. The monoisotopic (exact) mass is 226 g/mol. The largest absolute Gasteiger partial charge is 0.469 e. The predicted octanol–water partition coefficient (Wildman–Crippen LogP) is 0.407. The summed E-state index contributed by atoms with van der Waals surface area (Å²) in [7, 11) is 2.54. The second-order valence-electron chi connectivity index (χ2n) is 3.26. The van der Waals surface area contributed by atoms with Crippen molar-refractivity contribution in [3.05, 3.63) is 16.8 Å². The van der Waals surface area contributed by atoms with Crippen LogP contribution in [-0.2, 0) is 20.7 Å². The molecule has 0 saturated carbocycles. The second-order valence-corrected chi connectivity index (χ2v) is 3.26. The number of H-pyrrole nitrogens is 1. The van der Waals surface area contributed by atoms with E-state index >= 15 is 0 Å². The molecule has 6 heteroatoms. The summed E-state index contributed by atoms with van der Waals surface area (Å²) in [5.41, 5.74) is 6.95. The van der Waals surface area contributed by atoms with Crippen LogP contribution in [0.25, 0.3) is 0 Å². The summed E-state index contributed by atoms with van der Waals surface area (Å²) in [5, 5.41) is 0. The van der Waals surface area contributed by atoms with Gasteiger partial charge in [0.2, 0.25) is 0 Å². The van der Waals surface area contributed by atoms with Gasteiger partial charge in [0.15, 0.2) is 0 Å². The topological polar surface area (TPSA) is 94.4 Å². The van der Waals surface area contributed by atoms with Crippen molar-refractivity contribution < 1.29 is 19.1 Å². The van der Waals surface area contributed by atoms with Gasteiger partial charge in [0.25, 0.3) is 0 Å². The van der Waals surface area contributed by atoms with Gasteiger partial charge in [0, 0.05) is 11.3 Å². The molecule has 0 unspecified atom stereocenters. The Labute approximate surface area is 92.7 Å². The molecule has 0 fully saturated rings. The molecule has 1 rings (SSSR count). The average Bonchev–Trinajstić information content (AvgIpc) is 2.53. The number of nitrogen functional groups attached to an aromatic ring is 1. The second kappa shape index (κ2) is 4.69. The molecule has 1 heterocycles. The first-order valence-electron chi connectivity index (χ1n) is 4.63. The van der Waals surface area contributed by atoms with Crippen molar-refractivity contribution >= 4 is 17.8 Å². The summed E-state index contributed by atoms with van der Waals surface area (Å²) in [6.07, 6.45) is -0.0584. The van der Waals surface area contributed by atoms with E-state index in [9.17, 15) is 9.59 Å². The molecule has 0 spiro atoms. The van der Waals surface area contributed by atoms with Gasteiger partial charge in [-0.1, -0.05) is 0 Å². The van der Waals surface area contributed by atoms with Crippen LogP contribution in [0.3, 0.4) is 0 Å². The van der Waals surface area contributed by atoms with Crippen molar-refractivity contribution in [1.29, 1.82) is 0 Å². The number of methoxy groups -OCH3 is 2. The SMILES string of the molecule is COC(=O)Cc1c(N)[nH]c(C)c1C(=O)OC. The zero-order valence-corrected chi connectivity index (χ0v) is 9.42. The van der Waals surface area contributed by atoms with E-state index in [1.165, 1.54) is 14.2 Å². The van der Waals surface area contributed by atoms with Crippen molar-refractivity contribution in [3.63, 3.8) is 0 Å². The van der Waals surface area contributed by atoms with Gasteiger partial charge in [-0.2, -0.15) is 0 Å². The number of hydrogen-bond donors (Lipinski definition) is 2. The Morgan fingerprint density at radius 2 is 1.94 bits per heavy atom. The van der Waals surface area contributed by atoms with E-state index in [-0.39, 0.29) is 12.2 Å². The van der Waals surface area contributed by atoms with Crippen molar-refractivity contribution in [2.45, 2.75) is 13.3 Å². The maximum absolute atomic E-state index is 11.5. The molecular weight excluding hydrogens is 212 g/mol. The summed E-state index contributed by atoms with van der Waals surface area (Å²) < 4.78 is 9.15. The van der Waals surface area contributed by atoms with E-state index in [2.05, 4.69) is 14.5 Å². The molecular formula is C10H14N2O4. The highest BCUT2D eigenvalue weighted by molar-refractivity contribution is 5.95. The van der Waals surface area contributed by atoms with Gasteiger partial charge in [-0.05, 0) is 6.92 Å². The molecule has 3 N–H and O–H groups in total. The first-order chi connectivity index (χ1) is 7.51. The fourth-order valence-corrected chi connectivity index (χ4v) is 1.48. The Hall–Kier alpha value is -1.98. The Morgan fingerprint density at radius 3 is 2.44 bits per heavy atom. The number of aromatic amines is 1. The van der Waals surface area contributed by atoms with E-state index < -0.39 is 11.9 Å². The van der Waals surface area contributed by atoms with E-state index in [0.717, 1.165) is 0 Å². The van der Waals surface area contributed by atoms with Crippen LogP contribution in [0, 0.1) is 6.92 Å². The third-order valence-corrected chi connectivity index (χ3v) is 2.26. The number of carbonyl (C=O) groups is 2. The van der Waals surface area contributed by atoms with Gasteiger partial charge in [-0.25, -0.2) is 4.79 Å². The van der Waals surface area contributed by atoms with Crippen LogP contribution < -0.4 is 5.73 Å².